The third-order valence-corrected chi connectivity index (χ3v) is 6.01. The molecule has 1 saturated carbocycles. The van der Waals surface area contributed by atoms with Crippen LogP contribution in [0.5, 0.6) is 0 Å². The van der Waals surface area contributed by atoms with Crippen LogP contribution in [-0.2, 0) is 7.05 Å². The van der Waals surface area contributed by atoms with E-state index in [1.54, 1.807) is 29.1 Å². The number of hydrogen-bond donors (Lipinski definition) is 0. The lowest BCUT2D eigenvalue weighted by Crippen LogP contribution is -2.06. The summed E-state index contributed by atoms with van der Waals surface area (Å²) in [5.41, 5.74) is 1.25. The molecule has 0 bridgehead atoms. The molecule has 0 amide bonds. The third kappa shape index (κ3) is 2.54. The van der Waals surface area contributed by atoms with Crippen molar-refractivity contribution in [2.24, 2.45) is 7.05 Å². The van der Waals surface area contributed by atoms with Gasteiger partial charge >= 0.3 is 0 Å². The summed E-state index contributed by atoms with van der Waals surface area (Å²) in [6.07, 6.45) is 10.0. The molecule has 0 saturated heterocycles. The molecule has 0 aliphatic heterocycles. The van der Waals surface area contributed by atoms with Crippen LogP contribution in [-0.4, -0.2) is 24.4 Å². The van der Waals surface area contributed by atoms with E-state index in [1.165, 1.54) is 32.1 Å². The van der Waals surface area contributed by atoms with Crippen molar-refractivity contribution >= 4 is 27.2 Å². The lowest BCUT2D eigenvalue weighted by atomic mass is 9.89. The fraction of sp³-hybridized carbons (Fsp3) is 0.389. The van der Waals surface area contributed by atoms with Gasteiger partial charge in [-0.05, 0) is 30.5 Å². The average molecular weight is 355 g/mol. The van der Waals surface area contributed by atoms with Crippen molar-refractivity contribution < 1.29 is 4.39 Å². The monoisotopic (exact) mass is 355 g/mol. The van der Waals surface area contributed by atoms with Crippen LogP contribution in [0.15, 0.2) is 24.5 Å². The molecular formula is C18H18FN5S. The molecule has 1 aliphatic rings. The van der Waals surface area contributed by atoms with E-state index in [0.29, 0.717) is 11.4 Å². The Morgan fingerprint density at radius 1 is 1.12 bits per heavy atom. The molecule has 1 aromatic carbocycles. The topological polar surface area (TPSA) is 48.0 Å². The highest BCUT2D eigenvalue weighted by Crippen LogP contribution is 2.34. The molecule has 7 heteroatoms. The zero-order valence-corrected chi connectivity index (χ0v) is 14.8. The first-order valence-corrected chi connectivity index (χ1v) is 9.48. The number of nitrogens with zero attached hydrogens (tertiary/aromatic N) is 5. The summed E-state index contributed by atoms with van der Waals surface area (Å²) in [6, 6.07) is 3.52. The normalized spacial score (nSPS) is 16.2. The summed E-state index contributed by atoms with van der Waals surface area (Å²) in [5, 5.41) is 9.64. The number of aromatic nitrogens is 5. The van der Waals surface area contributed by atoms with Crippen LogP contribution in [0.1, 0.15) is 43.8 Å². The summed E-state index contributed by atoms with van der Waals surface area (Å²) >= 11 is 1.55. The van der Waals surface area contributed by atoms with Crippen molar-refractivity contribution in [2.45, 2.75) is 38.0 Å². The standard InChI is InChI=1S/C18H18FN5S/c1-23-9-13-7-12(8-14(19)16(13)21-23)15-10-24-18(25-15)20-17(22-24)11-5-3-2-4-6-11/h7-11H,2-6H2,1H3. The van der Waals surface area contributed by atoms with Gasteiger partial charge in [0.2, 0.25) is 4.96 Å². The van der Waals surface area contributed by atoms with Gasteiger partial charge < -0.3 is 0 Å². The zero-order valence-electron chi connectivity index (χ0n) is 13.9. The van der Waals surface area contributed by atoms with Gasteiger partial charge in [-0.2, -0.15) is 10.2 Å². The number of halogens is 1. The van der Waals surface area contributed by atoms with Crippen molar-refractivity contribution in [3.63, 3.8) is 0 Å². The summed E-state index contributed by atoms with van der Waals surface area (Å²) in [4.78, 5) is 6.58. The van der Waals surface area contributed by atoms with Crippen LogP contribution in [0.25, 0.3) is 26.3 Å². The quantitative estimate of drug-likeness (QED) is 0.531. The molecule has 0 spiro atoms. The van der Waals surface area contributed by atoms with E-state index in [9.17, 15) is 4.39 Å². The van der Waals surface area contributed by atoms with Crippen LogP contribution in [0.3, 0.4) is 0 Å². The maximum absolute atomic E-state index is 14.3. The second-order valence-electron chi connectivity index (χ2n) is 6.83. The second-order valence-corrected chi connectivity index (χ2v) is 7.84. The van der Waals surface area contributed by atoms with E-state index in [0.717, 1.165) is 26.6 Å². The van der Waals surface area contributed by atoms with Gasteiger partial charge in [0.05, 0.1) is 4.88 Å². The summed E-state index contributed by atoms with van der Waals surface area (Å²) in [7, 11) is 1.80. The first-order valence-electron chi connectivity index (χ1n) is 8.67. The number of aryl methyl sites for hydroxylation is 1. The summed E-state index contributed by atoms with van der Waals surface area (Å²) in [6.45, 7) is 0. The van der Waals surface area contributed by atoms with Crippen molar-refractivity contribution in [1.29, 1.82) is 0 Å². The van der Waals surface area contributed by atoms with Crippen molar-refractivity contribution in [3.05, 3.63) is 36.2 Å². The van der Waals surface area contributed by atoms with Gasteiger partial charge in [-0.3, -0.25) is 4.68 Å². The van der Waals surface area contributed by atoms with Crippen molar-refractivity contribution in [1.82, 2.24) is 24.4 Å². The molecule has 0 radical (unpaired) electrons. The molecular weight excluding hydrogens is 337 g/mol. The highest BCUT2D eigenvalue weighted by atomic mass is 32.1. The summed E-state index contributed by atoms with van der Waals surface area (Å²) in [5.74, 6) is 1.16. The predicted molar refractivity (Wildman–Crippen MR) is 96.4 cm³/mol. The lowest BCUT2D eigenvalue weighted by Gasteiger charge is -2.17. The number of rotatable bonds is 2. The predicted octanol–water partition coefficient (Wildman–Crippen LogP) is 4.53. The zero-order chi connectivity index (χ0) is 17.0. The average Bonchev–Trinajstić information content (AvgIpc) is 3.27. The van der Waals surface area contributed by atoms with Crippen LogP contribution in [0.2, 0.25) is 0 Å². The minimum absolute atomic E-state index is 0.296. The number of benzene rings is 1. The van der Waals surface area contributed by atoms with Crippen molar-refractivity contribution in [3.8, 4) is 10.4 Å². The molecule has 1 aliphatic carbocycles. The molecule has 4 aromatic rings. The van der Waals surface area contributed by atoms with Crippen LogP contribution in [0.4, 0.5) is 4.39 Å². The molecule has 1 fully saturated rings. The van der Waals surface area contributed by atoms with Gasteiger partial charge in [0.15, 0.2) is 11.6 Å². The smallest absolute Gasteiger partial charge is 0.212 e. The Bertz CT molecular complexity index is 1040. The summed E-state index contributed by atoms with van der Waals surface area (Å²) < 4.78 is 17.8. The Kier molecular flexibility index (Phi) is 3.38. The Hall–Kier alpha value is -2.28. The number of hydrogen-bond acceptors (Lipinski definition) is 4. The van der Waals surface area contributed by atoms with Gasteiger partial charge in [0, 0.05) is 30.7 Å². The van der Waals surface area contributed by atoms with Crippen molar-refractivity contribution in [2.75, 3.05) is 0 Å². The highest BCUT2D eigenvalue weighted by Gasteiger charge is 2.21. The first-order chi connectivity index (χ1) is 12.2. The van der Waals surface area contributed by atoms with Gasteiger partial charge in [0.1, 0.15) is 5.52 Å². The van der Waals surface area contributed by atoms with E-state index in [2.05, 4.69) is 10.2 Å². The maximum atomic E-state index is 14.3. The molecule has 25 heavy (non-hydrogen) atoms. The minimum Gasteiger partial charge on any atom is -0.274 e. The molecule has 128 valence electrons. The first kappa shape index (κ1) is 15.0. The number of fused-ring (bicyclic) bond motifs is 2. The van der Waals surface area contributed by atoms with E-state index >= 15 is 0 Å². The van der Waals surface area contributed by atoms with Crippen LogP contribution in [0, 0.1) is 5.82 Å². The Morgan fingerprint density at radius 3 is 2.76 bits per heavy atom. The van der Waals surface area contributed by atoms with E-state index in [-0.39, 0.29) is 5.82 Å². The van der Waals surface area contributed by atoms with Gasteiger partial charge in [0.25, 0.3) is 0 Å². The molecule has 0 atom stereocenters. The molecule has 0 unspecified atom stereocenters. The third-order valence-electron chi connectivity index (χ3n) is 4.99. The molecule has 3 heterocycles. The Morgan fingerprint density at radius 2 is 1.96 bits per heavy atom. The number of thiazole rings is 1. The van der Waals surface area contributed by atoms with Gasteiger partial charge in [-0.1, -0.05) is 30.6 Å². The van der Waals surface area contributed by atoms with Gasteiger partial charge in [-0.25, -0.2) is 13.9 Å². The second kappa shape index (κ2) is 5.62. The largest absolute Gasteiger partial charge is 0.274 e. The van der Waals surface area contributed by atoms with Crippen LogP contribution >= 0.6 is 11.3 Å². The molecule has 5 nitrogen and oxygen atoms in total. The van der Waals surface area contributed by atoms with Crippen LogP contribution < -0.4 is 0 Å². The van der Waals surface area contributed by atoms with E-state index in [4.69, 9.17) is 4.98 Å². The molecule has 3 aromatic heterocycles. The minimum atomic E-state index is -0.296. The van der Waals surface area contributed by atoms with E-state index in [1.807, 2.05) is 23.0 Å². The lowest BCUT2D eigenvalue weighted by molar-refractivity contribution is 0.429. The molecule has 5 rings (SSSR count). The Labute approximate surface area is 148 Å². The Balaban J connectivity index is 1.53. The SMILES string of the molecule is Cn1cc2cc(-c3cn4nc(C5CCCCC5)nc4s3)cc(F)c2n1. The van der Waals surface area contributed by atoms with E-state index < -0.39 is 0 Å². The van der Waals surface area contributed by atoms with Gasteiger partial charge in [-0.15, -0.1) is 0 Å². The highest BCUT2D eigenvalue weighted by molar-refractivity contribution is 7.20. The fourth-order valence-electron chi connectivity index (χ4n) is 3.74. The molecule has 0 N–H and O–H groups in total. The maximum Gasteiger partial charge on any atom is 0.212 e. The fourth-order valence-corrected chi connectivity index (χ4v) is 4.65.